The van der Waals surface area contributed by atoms with Crippen LogP contribution in [-0.2, 0) is 20.7 Å². The van der Waals surface area contributed by atoms with Crippen LogP contribution in [-0.4, -0.2) is 51.2 Å². The average Bonchev–Trinajstić information content (AvgIpc) is 3.15. The number of pyridine rings is 1. The number of aryl methyl sites for hydroxylation is 3. The first-order valence-electron chi connectivity index (χ1n) is 11.8. The van der Waals surface area contributed by atoms with Crippen molar-refractivity contribution in [2.45, 2.75) is 53.4 Å². The van der Waals surface area contributed by atoms with Crippen LogP contribution in [0.1, 0.15) is 48.7 Å². The Labute approximate surface area is 194 Å². The molecule has 33 heavy (non-hydrogen) atoms. The highest BCUT2D eigenvalue weighted by molar-refractivity contribution is 5.85. The molecule has 1 saturated heterocycles. The number of hydrogen-bond donors (Lipinski definition) is 0. The van der Waals surface area contributed by atoms with Crippen molar-refractivity contribution in [2.24, 2.45) is 5.92 Å². The quantitative estimate of drug-likeness (QED) is 0.531. The maximum atomic E-state index is 12.9. The number of piperidine rings is 1. The van der Waals surface area contributed by atoms with Gasteiger partial charge in [-0.15, -0.1) is 0 Å². The van der Waals surface area contributed by atoms with Crippen molar-refractivity contribution in [3.05, 3.63) is 52.8 Å². The van der Waals surface area contributed by atoms with E-state index in [2.05, 4.69) is 6.92 Å². The van der Waals surface area contributed by atoms with Gasteiger partial charge in [-0.2, -0.15) is 5.10 Å². The molecular weight excluding hydrogens is 416 g/mol. The Morgan fingerprint density at radius 1 is 1.06 bits per heavy atom. The van der Waals surface area contributed by atoms with Gasteiger partial charge >= 0.3 is 5.97 Å². The third-order valence-electron chi connectivity index (χ3n) is 6.63. The lowest BCUT2D eigenvalue weighted by molar-refractivity contribution is -0.151. The zero-order valence-corrected chi connectivity index (χ0v) is 19.9. The van der Waals surface area contributed by atoms with E-state index in [1.165, 1.54) is 0 Å². The molecule has 3 aromatic rings. The van der Waals surface area contributed by atoms with E-state index >= 15 is 0 Å². The molecule has 1 fully saturated rings. The van der Waals surface area contributed by atoms with E-state index in [0.29, 0.717) is 45.4 Å². The fraction of sp³-hybridized carbons (Fsp3) is 0.462. The lowest BCUT2D eigenvalue weighted by Gasteiger charge is -2.31. The Morgan fingerprint density at radius 3 is 2.42 bits per heavy atom. The summed E-state index contributed by atoms with van der Waals surface area (Å²) in [5.41, 5.74) is 5.97. The third kappa shape index (κ3) is 4.63. The van der Waals surface area contributed by atoms with Crippen LogP contribution in [0.4, 0.5) is 0 Å². The van der Waals surface area contributed by atoms with Gasteiger partial charge in [0.2, 0.25) is 5.91 Å². The Kier molecular flexibility index (Phi) is 6.77. The minimum Gasteiger partial charge on any atom is -0.466 e. The number of aromatic nitrogens is 3. The van der Waals surface area contributed by atoms with Crippen LogP contribution in [0.2, 0.25) is 0 Å². The highest BCUT2D eigenvalue weighted by Gasteiger charge is 2.28. The lowest BCUT2D eigenvalue weighted by Crippen LogP contribution is -2.40. The summed E-state index contributed by atoms with van der Waals surface area (Å²) in [6.07, 6.45) is 2.43. The molecule has 0 radical (unpaired) electrons. The minimum absolute atomic E-state index is 0.0887. The predicted octanol–water partition coefficient (Wildman–Crippen LogP) is 4.08. The molecule has 0 atom stereocenters. The van der Waals surface area contributed by atoms with Gasteiger partial charge < -0.3 is 9.64 Å². The second-order valence-corrected chi connectivity index (χ2v) is 8.74. The molecule has 174 valence electrons. The monoisotopic (exact) mass is 448 g/mol. The van der Waals surface area contributed by atoms with E-state index in [-0.39, 0.29) is 17.8 Å². The summed E-state index contributed by atoms with van der Waals surface area (Å²) in [6, 6.07) is 10.0. The van der Waals surface area contributed by atoms with Crippen LogP contribution < -0.4 is 0 Å². The van der Waals surface area contributed by atoms with Gasteiger partial charge in [0, 0.05) is 30.6 Å². The Morgan fingerprint density at radius 2 is 1.76 bits per heavy atom. The van der Waals surface area contributed by atoms with E-state index < -0.39 is 0 Å². The number of para-hydroxylation sites is 1. The molecule has 1 aliphatic heterocycles. The topological polar surface area (TPSA) is 77.3 Å². The van der Waals surface area contributed by atoms with Crippen LogP contribution in [0.5, 0.6) is 0 Å². The van der Waals surface area contributed by atoms with Crippen molar-refractivity contribution < 1.29 is 14.3 Å². The molecule has 3 heterocycles. The zero-order chi connectivity index (χ0) is 23.5. The lowest BCUT2D eigenvalue weighted by atomic mass is 9.96. The number of esters is 1. The number of benzene rings is 1. The first kappa shape index (κ1) is 23.0. The molecule has 1 aromatic carbocycles. The zero-order valence-electron chi connectivity index (χ0n) is 19.9. The van der Waals surface area contributed by atoms with Crippen LogP contribution in [0, 0.1) is 26.7 Å². The van der Waals surface area contributed by atoms with E-state index in [9.17, 15) is 9.59 Å². The molecule has 1 aliphatic rings. The van der Waals surface area contributed by atoms with Crippen LogP contribution in [0.15, 0.2) is 30.3 Å². The normalized spacial score (nSPS) is 14.6. The molecule has 2 aromatic heterocycles. The van der Waals surface area contributed by atoms with Gasteiger partial charge in [0.05, 0.1) is 23.9 Å². The molecule has 0 unspecified atom stereocenters. The van der Waals surface area contributed by atoms with Crippen molar-refractivity contribution in [3.8, 4) is 5.69 Å². The maximum Gasteiger partial charge on any atom is 0.309 e. The molecule has 4 rings (SSSR count). The number of hydrogen-bond acceptors (Lipinski definition) is 5. The SMILES string of the molecule is CCOC(=O)C1CCN(C(=O)CCc2c(C)nc3c(c(C)nn3-c3ccccc3)c2C)CC1. The highest BCUT2D eigenvalue weighted by atomic mass is 16.5. The molecule has 1 amide bonds. The largest absolute Gasteiger partial charge is 0.466 e. The van der Waals surface area contributed by atoms with Gasteiger partial charge in [-0.3, -0.25) is 9.59 Å². The number of ether oxygens (including phenoxy) is 1. The average molecular weight is 449 g/mol. The number of carbonyl (C=O) groups excluding carboxylic acids is 2. The van der Waals surface area contributed by atoms with E-state index in [0.717, 1.165) is 39.2 Å². The van der Waals surface area contributed by atoms with Gasteiger partial charge in [0.15, 0.2) is 5.65 Å². The Balaban J connectivity index is 1.48. The summed E-state index contributed by atoms with van der Waals surface area (Å²) < 4.78 is 7.02. The fourth-order valence-electron chi connectivity index (χ4n) is 4.84. The summed E-state index contributed by atoms with van der Waals surface area (Å²) in [5, 5.41) is 5.80. The van der Waals surface area contributed by atoms with Crippen molar-refractivity contribution >= 4 is 22.9 Å². The van der Waals surface area contributed by atoms with Crippen LogP contribution >= 0.6 is 0 Å². The van der Waals surface area contributed by atoms with Crippen LogP contribution in [0.25, 0.3) is 16.7 Å². The Hall–Kier alpha value is -3.22. The van der Waals surface area contributed by atoms with Crippen LogP contribution in [0.3, 0.4) is 0 Å². The van der Waals surface area contributed by atoms with Crippen molar-refractivity contribution in [3.63, 3.8) is 0 Å². The summed E-state index contributed by atoms with van der Waals surface area (Å²) >= 11 is 0. The van der Waals surface area contributed by atoms with E-state index in [4.69, 9.17) is 14.8 Å². The van der Waals surface area contributed by atoms with Gasteiger partial charge in [0.1, 0.15) is 0 Å². The standard InChI is InChI=1S/C26H32N4O3/c1-5-33-26(32)20-13-15-29(16-14-20)23(31)12-11-22-17(2)24-19(4)28-30(25(24)27-18(22)3)21-9-7-6-8-10-21/h6-10,20H,5,11-16H2,1-4H3. The van der Waals surface area contributed by atoms with E-state index in [1.54, 1.807) is 0 Å². The van der Waals surface area contributed by atoms with Gasteiger partial charge in [-0.05, 0) is 70.2 Å². The number of nitrogens with zero attached hydrogens (tertiary/aromatic N) is 4. The third-order valence-corrected chi connectivity index (χ3v) is 6.63. The summed E-state index contributed by atoms with van der Waals surface area (Å²) in [7, 11) is 0. The summed E-state index contributed by atoms with van der Waals surface area (Å²) in [6.45, 7) is 9.57. The van der Waals surface area contributed by atoms with Gasteiger partial charge in [-0.1, -0.05) is 18.2 Å². The molecular formula is C26H32N4O3. The molecule has 0 N–H and O–H groups in total. The van der Waals surface area contributed by atoms with Gasteiger partial charge in [-0.25, -0.2) is 9.67 Å². The molecule has 7 heteroatoms. The summed E-state index contributed by atoms with van der Waals surface area (Å²) in [4.78, 5) is 31.6. The highest BCUT2D eigenvalue weighted by Crippen LogP contribution is 2.28. The second-order valence-electron chi connectivity index (χ2n) is 8.74. The molecule has 7 nitrogen and oxygen atoms in total. The molecule has 0 aliphatic carbocycles. The first-order chi connectivity index (χ1) is 15.9. The molecule has 0 saturated carbocycles. The smallest absolute Gasteiger partial charge is 0.309 e. The predicted molar refractivity (Wildman–Crippen MR) is 127 cm³/mol. The minimum atomic E-state index is -0.137. The second kappa shape index (κ2) is 9.73. The van der Waals surface area contributed by atoms with Crippen molar-refractivity contribution in [1.29, 1.82) is 0 Å². The number of amides is 1. The maximum absolute atomic E-state index is 12.9. The number of fused-ring (bicyclic) bond motifs is 1. The van der Waals surface area contributed by atoms with Gasteiger partial charge in [0.25, 0.3) is 0 Å². The van der Waals surface area contributed by atoms with Crippen molar-refractivity contribution in [1.82, 2.24) is 19.7 Å². The molecule has 0 spiro atoms. The number of carbonyl (C=O) groups is 2. The van der Waals surface area contributed by atoms with E-state index in [1.807, 2.05) is 60.7 Å². The fourth-order valence-corrected chi connectivity index (χ4v) is 4.84. The number of likely N-dealkylation sites (tertiary alicyclic amines) is 1. The molecule has 0 bridgehead atoms. The summed E-state index contributed by atoms with van der Waals surface area (Å²) in [5.74, 6) is -0.0937. The number of rotatable bonds is 6. The first-order valence-corrected chi connectivity index (χ1v) is 11.8. The van der Waals surface area contributed by atoms with Crippen molar-refractivity contribution in [2.75, 3.05) is 19.7 Å². The Bertz CT molecular complexity index is 1160.